The molecular weight excluding hydrogens is 176 g/mol. The topological polar surface area (TPSA) is 9.23 Å². The minimum absolute atomic E-state index is 0.526. The smallest absolute Gasteiger partial charge is 0.387 e. The van der Waals surface area contributed by atoms with Gasteiger partial charge in [0.25, 0.3) is 0 Å². The molecule has 0 saturated carbocycles. The highest BCUT2D eigenvalue weighted by Gasteiger charge is 2.10. The predicted molar refractivity (Wildman–Crippen MR) is 31.8 cm³/mol. The summed E-state index contributed by atoms with van der Waals surface area (Å²) in [5, 5.41) is 0. The molecule has 5 heteroatoms. The Morgan fingerprint density at radius 1 is 1.33 bits per heavy atom. The minimum Gasteiger partial charge on any atom is -0.432 e. The molecule has 0 unspecified atom stereocenters. The molecule has 0 fully saturated rings. The Morgan fingerprint density at radius 3 is 2.58 bits per heavy atom. The van der Waals surface area contributed by atoms with Gasteiger partial charge in [0, 0.05) is 12.1 Å². The first-order valence-electron chi connectivity index (χ1n) is 2.91. The normalized spacial score (nSPS) is 10.4. The molecule has 1 nitrogen and oxygen atoms in total. The van der Waals surface area contributed by atoms with E-state index in [9.17, 15) is 17.6 Å². The third-order valence-corrected chi connectivity index (χ3v) is 1.04. The van der Waals surface area contributed by atoms with Crippen LogP contribution in [0.1, 0.15) is 0 Å². The highest BCUT2D eigenvalue weighted by atomic mass is 19.3. The van der Waals surface area contributed by atoms with Crippen LogP contribution in [0.4, 0.5) is 17.6 Å². The second kappa shape index (κ2) is 3.42. The van der Waals surface area contributed by atoms with Crippen LogP contribution in [-0.2, 0) is 0 Å². The van der Waals surface area contributed by atoms with E-state index in [-0.39, 0.29) is 0 Å². The molecule has 0 aromatic heterocycles. The number of alkyl halides is 2. The van der Waals surface area contributed by atoms with Crippen molar-refractivity contribution < 1.29 is 22.3 Å². The van der Waals surface area contributed by atoms with Crippen LogP contribution < -0.4 is 4.74 Å². The fourth-order valence-electron chi connectivity index (χ4n) is 0.615. The van der Waals surface area contributed by atoms with Crippen LogP contribution >= 0.6 is 0 Å². The molecule has 0 aliphatic heterocycles. The molecule has 0 aliphatic rings. The summed E-state index contributed by atoms with van der Waals surface area (Å²) < 4.78 is 51.4. The number of hydrogen-bond acceptors (Lipinski definition) is 1. The Morgan fingerprint density at radius 2 is 2.00 bits per heavy atom. The molecule has 0 spiro atoms. The Hall–Kier alpha value is -1.26. The highest BCUT2D eigenvalue weighted by Crippen LogP contribution is 2.19. The molecule has 0 bridgehead atoms. The van der Waals surface area contributed by atoms with Crippen molar-refractivity contribution in [1.82, 2.24) is 0 Å². The van der Waals surface area contributed by atoms with Gasteiger partial charge in [-0.2, -0.15) is 8.78 Å². The van der Waals surface area contributed by atoms with Gasteiger partial charge in [-0.25, -0.2) is 8.78 Å². The number of rotatable bonds is 2. The van der Waals surface area contributed by atoms with Gasteiger partial charge in [0.1, 0.15) is 5.82 Å². The van der Waals surface area contributed by atoms with E-state index in [2.05, 4.69) is 4.74 Å². The van der Waals surface area contributed by atoms with Crippen molar-refractivity contribution in [3.63, 3.8) is 0 Å². The van der Waals surface area contributed by atoms with Gasteiger partial charge in [-0.15, -0.1) is 0 Å². The van der Waals surface area contributed by atoms with Crippen LogP contribution in [0, 0.1) is 17.7 Å². The summed E-state index contributed by atoms with van der Waals surface area (Å²) in [6.45, 7) is -3.17. The molecule has 0 heterocycles. The highest BCUT2D eigenvalue weighted by molar-refractivity contribution is 5.23. The zero-order chi connectivity index (χ0) is 9.14. The standard InChI is InChI=1S/C7H3F4O/c8-4-1-2-5(9)6(3-4)12-7(10)11/h1,3,7H. The van der Waals surface area contributed by atoms with Gasteiger partial charge >= 0.3 is 6.61 Å². The Kier molecular flexibility index (Phi) is 2.52. The van der Waals surface area contributed by atoms with Gasteiger partial charge in [-0.05, 0) is 6.07 Å². The molecule has 1 aromatic carbocycles. The Balaban J connectivity index is 2.90. The van der Waals surface area contributed by atoms with Crippen LogP contribution in [0.15, 0.2) is 12.1 Å². The fraction of sp³-hybridized carbons (Fsp3) is 0.143. The first-order chi connectivity index (χ1) is 5.59. The van der Waals surface area contributed by atoms with E-state index in [1.165, 1.54) is 0 Å². The van der Waals surface area contributed by atoms with E-state index in [0.29, 0.717) is 12.1 Å². The molecule has 1 radical (unpaired) electrons. The monoisotopic (exact) mass is 179 g/mol. The first-order valence-corrected chi connectivity index (χ1v) is 2.91. The summed E-state index contributed by atoms with van der Waals surface area (Å²) in [4.78, 5) is 0. The molecular formula is C7H3F4O. The van der Waals surface area contributed by atoms with Gasteiger partial charge in [-0.1, -0.05) is 0 Å². The van der Waals surface area contributed by atoms with E-state index < -0.39 is 24.0 Å². The lowest BCUT2D eigenvalue weighted by Gasteiger charge is -2.04. The van der Waals surface area contributed by atoms with Crippen molar-refractivity contribution in [1.29, 1.82) is 0 Å². The van der Waals surface area contributed by atoms with E-state index >= 15 is 0 Å². The fourth-order valence-corrected chi connectivity index (χ4v) is 0.615. The third kappa shape index (κ3) is 2.11. The largest absolute Gasteiger partial charge is 0.432 e. The maximum Gasteiger partial charge on any atom is 0.387 e. The van der Waals surface area contributed by atoms with Crippen LogP contribution in [0.2, 0.25) is 0 Å². The van der Waals surface area contributed by atoms with Gasteiger partial charge in [0.15, 0.2) is 11.6 Å². The molecule has 1 aromatic rings. The molecule has 65 valence electrons. The van der Waals surface area contributed by atoms with E-state index in [1.54, 1.807) is 6.07 Å². The minimum atomic E-state index is -3.17. The Bertz CT molecular complexity index is 274. The van der Waals surface area contributed by atoms with Crippen LogP contribution in [0.3, 0.4) is 0 Å². The molecule has 0 saturated heterocycles. The van der Waals surface area contributed by atoms with Crippen molar-refractivity contribution in [2.24, 2.45) is 0 Å². The van der Waals surface area contributed by atoms with Crippen LogP contribution in [0.25, 0.3) is 0 Å². The molecule has 12 heavy (non-hydrogen) atoms. The molecule has 1 rings (SSSR count). The quantitative estimate of drug-likeness (QED) is 0.633. The summed E-state index contributed by atoms with van der Waals surface area (Å²) >= 11 is 0. The zero-order valence-corrected chi connectivity index (χ0v) is 5.65. The van der Waals surface area contributed by atoms with E-state index in [1.807, 2.05) is 0 Å². The van der Waals surface area contributed by atoms with Crippen molar-refractivity contribution in [2.45, 2.75) is 6.61 Å². The number of hydrogen-bond donors (Lipinski definition) is 0. The zero-order valence-electron chi connectivity index (χ0n) is 5.65. The lowest BCUT2D eigenvalue weighted by atomic mass is 10.3. The lowest BCUT2D eigenvalue weighted by Crippen LogP contribution is -2.03. The van der Waals surface area contributed by atoms with Crippen molar-refractivity contribution in [2.75, 3.05) is 0 Å². The maximum atomic E-state index is 12.4. The number of halogens is 4. The van der Waals surface area contributed by atoms with Crippen LogP contribution in [-0.4, -0.2) is 6.61 Å². The van der Waals surface area contributed by atoms with Crippen molar-refractivity contribution in [3.8, 4) is 5.75 Å². The van der Waals surface area contributed by atoms with E-state index in [0.717, 1.165) is 0 Å². The molecule has 0 aliphatic carbocycles. The predicted octanol–water partition coefficient (Wildman–Crippen LogP) is 2.37. The van der Waals surface area contributed by atoms with E-state index in [4.69, 9.17) is 0 Å². The summed E-state index contributed by atoms with van der Waals surface area (Å²) in [5.74, 6) is -2.87. The van der Waals surface area contributed by atoms with Gasteiger partial charge < -0.3 is 4.74 Å². The average Bonchev–Trinajstić information content (AvgIpc) is 1.96. The molecule has 0 amide bonds. The van der Waals surface area contributed by atoms with Gasteiger partial charge in [0.05, 0.1) is 0 Å². The number of benzene rings is 1. The maximum absolute atomic E-state index is 12.4. The first kappa shape index (κ1) is 8.83. The van der Waals surface area contributed by atoms with Gasteiger partial charge in [-0.3, -0.25) is 0 Å². The summed E-state index contributed by atoms with van der Waals surface area (Å²) in [7, 11) is 0. The summed E-state index contributed by atoms with van der Waals surface area (Å²) in [6, 6.07) is 2.99. The SMILES string of the molecule is Fc1c[c]c(F)c(OC(F)F)c1. The average molecular weight is 179 g/mol. The second-order valence-electron chi connectivity index (χ2n) is 1.87. The van der Waals surface area contributed by atoms with Crippen molar-refractivity contribution in [3.05, 3.63) is 29.8 Å². The lowest BCUT2D eigenvalue weighted by molar-refractivity contribution is -0.0523. The van der Waals surface area contributed by atoms with Gasteiger partial charge in [0.2, 0.25) is 0 Å². The van der Waals surface area contributed by atoms with Crippen molar-refractivity contribution >= 4 is 0 Å². The molecule has 0 atom stereocenters. The summed E-state index contributed by atoms with van der Waals surface area (Å²) in [6.07, 6.45) is 0. The number of ether oxygens (including phenoxy) is 1. The summed E-state index contributed by atoms with van der Waals surface area (Å²) in [5.41, 5.74) is 0. The molecule has 0 N–H and O–H groups in total. The third-order valence-electron chi connectivity index (χ3n) is 1.04. The Labute approximate surface area is 65.6 Å². The van der Waals surface area contributed by atoms with Crippen LogP contribution in [0.5, 0.6) is 5.75 Å². The second-order valence-corrected chi connectivity index (χ2v) is 1.87.